The van der Waals surface area contributed by atoms with Crippen molar-refractivity contribution in [2.75, 3.05) is 6.54 Å². The molecule has 5 heteroatoms. The lowest BCUT2D eigenvalue weighted by Crippen LogP contribution is -2.45. The van der Waals surface area contributed by atoms with E-state index in [9.17, 15) is 4.79 Å². The van der Waals surface area contributed by atoms with Crippen molar-refractivity contribution in [2.45, 2.75) is 45.1 Å². The van der Waals surface area contributed by atoms with Crippen molar-refractivity contribution in [3.63, 3.8) is 0 Å². The van der Waals surface area contributed by atoms with Gasteiger partial charge in [-0.3, -0.25) is 4.79 Å². The topological polar surface area (TPSA) is 55.1 Å². The summed E-state index contributed by atoms with van der Waals surface area (Å²) in [6, 6.07) is 7.29. The first kappa shape index (κ1) is 19.2. The van der Waals surface area contributed by atoms with E-state index in [0.717, 1.165) is 12.0 Å². The van der Waals surface area contributed by atoms with Crippen molar-refractivity contribution in [3.05, 3.63) is 34.9 Å². The Labute approximate surface area is 132 Å². The van der Waals surface area contributed by atoms with Gasteiger partial charge in [-0.25, -0.2) is 0 Å². The molecule has 3 nitrogen and oxygen atoms in total. The van der Waals surface area contributed by atoms with Gasteiger partial charge in [0.2, 0.25) is 5.91 Å². The van der Waals surface area contributed by atoms with Gasteiger partial charge in [-0.1, -0.05) is 50.9 Å². The Kier molecular flexibility index (Phi) is 8.17. The zero-order chi connectivity index (χ0) is 14.5. The summed E-state index contributed by atoms with van der Waals surface area (Å²) in [7, 11) is 0. The van der Waals surface area contributed by atoms with Crippen molar-refractivity contribution < 1.29 is 4.79 Å². The summed E-state index contributed by atoms with van der Waals surface area (Å²) in [6.07, 6.45) is 1.63. The third-order valence-electron chi connectivity index (χ3n) is 3.27. The minimum atomic E-state index is -0.411. The molecule has 0 bridgehead atoms. The summed E-state index contributed by atoms with van der Waals surface area (Å²) >= 11 is 5.88. The number of hydrogen-bond acceptors (Lipinski definition) is 2. The molecule has 3 N–H and O–H groups in total. The summed E-state index contributed by atoms with van der Waals surface area (Å²) < 4.78 is 0. The van der Waals surface area contributed by atoms with Gasteiger partial charge in [-0.2, -0.15) is 0 Å². The summed E-state index contributed by atoms with van der Waals surface area (Å²) in [5.41, 5.74) is 6.78. The Bertz CT molecular complexity index is 418. The molecule has 20 heavy (non-hydrogen) atoms. The molecular weight excluding hydrogens is 295 g/mol. The van der Waals surface area contributed by atoms with Crippen LogP contribution in [0.15, 0.2) is 24.3 Å². The Balaban J connectivity index is 0.00000361. The highest BCUT2D eigenvalue weighted by Crippen LogP contribution is 2.23. The zero-order valence-corrected chi connectivity index (χ0v) is 13.9. The van der Waals surface area contributed by atoms with Gasteiger partial charge in [0.15, 0.2) is 0 Å². The molecule has 0 spiro atoms. The Morgan fingerprint density at radius 2 is 1.90 bits per heavy atom. The lowest BCUT2D eigenvalue weighted by Gasteiger charge is -2.26. The van der Waals surface area contributed by atoms with Crippen LogP contribution in [-0.2, 0) is 10.2 Å². The van der Waals surface area contributed by atoms with Gasteiger partial charge in [-0.05, 0) is 24.1 Å². The summed E-state index contributed by atoms with van der Waals surface area (Å²) in [4.78, 5) is 11.8. The van der Waals surface area contributed by atoms with Crippen LogP contribution in [0.2, 0.25) is 5.02 Å². The first-order valence-electron chi connectivity index (χ1n) is 6.66. The third kappa shape index (κ3) is 5.70. The highest BCUT2D eigenvalue weighted by atomic mass is 35.5. The van der Waals surface area contributed by atoms with E-state index in [2.05, 4.69) is 19.2 Å². The molecule has 114 valence electrons. The van der Waals surface area contributed by atoms with E-state index in [-0.39, 0.29) is 23.7 Å². The highest BCUT2D eigenvalue weighted by molar-refractivity contribution is 6.30. The van der Waals surface area contributed by atoms with Crippen LogP contribution in [0.5, 0.6) is 0 Å². The number of nitrogens with one attached hydrogen (secondary N) is 1. The second-order valence-corrected chi connectivity index (χ2v) is 5.94. The Hall–Kier alpha value is -0.770. The lowest BCUT2D eigenvalue weighted by molar-refractivity contribution is -0.122. The molecule has 0 aromatic heterocycles. The number of benzene rings is 1. The van der Waals surface area contributed by atoms with E-state index >= 15 is 0 Å². The highest BCUT2D eigenvalue weighted by Gasteiger charge is 2.22. The zero-order valence-electron chi connectivity index (χ0n) is 12.3. The first-order valence-corrected chi connectivity index (χ1v) is 7.04. The van der Waals surface area contributed by atoms with Gasteiger partial charge in [0, 0.05) is 17.0 Å². The van der Waals surface area contributed by atoms with E-state index in [1.807, 2.05) is 31.2 Å². The van der Waals surface area contributed by atoms with Gasteiger partial charge in [0.25, 0.3) is 0 Å². The molecule has 1 unspecified atom stereocenters. The molecule has 1 atom stereocenters. The molecule has 0 saturated heterocycles. The van der Waals surface area contributed by atoms with Gasteiger partial charge in [0.05, 0.1) is 6.04 Å². The molecule has 0 aliphatic rings. The number of halogens is 2. The van der Waals surface area contributed by atoms with E-state index in [0.29, 0.717) is 18.0 Å². The molecule has 0 aliphatic heterocycles. The standard InChI is InChI=1S/C15H23ClN2O.ClH/c1-4-5-13(17)14(19)18-10-15(2,3)11-6-8-12(16)9-7-11;/h6-9,13H,4-5,10,17H2,1-3H3,(H,18,19);1H. The largest absolute Gasteiger partial charge is 0.354 e. The number of nitrogens with two attached hydrogens (primary N) is 1. The van der Waals surface area contributed by atoms with Crippen molar-refractivity contribution in [1.29, 1.82) is 0 Å². The number of amides is 1. The molecule has 1 aromatic carbocycles. The molecule has 1 aromatic rings. The van der Waals surface area contributed by atoms with E-state index in [1.54, 1.807) is 0 Å². The molecule has 0 aliphatic carbocycles. The SMILES string of the molecule is CCCC(N)C(=O)NCC(C)(C)c1ccc(Cl)cc1.Cl. The quantitative estimate of drug-likeness (QED) is 0.845. The average molecular weight is 319 g/mol. The fraction of sp³-hybridized carbons (Fsp3) is 0.533. The van der Waals surface area contributed by atoms with Crippen LogP contribution in [0.25, 0.3) is 0 Å². The summed E-state index contributed by atoms with van der Waals surface area (Å²) in [5, 5.41) is 3.64. The number of rotatable bonds is 6. The summed E-state index contributed by atoms with van der Waals surface area (Å²) in [5.74, 6) is -0.0797. The van der Waals surface area contributed by atoms with Gasteiger partial charge in [0.1, 0.15) is 0 Å². The smallest absolute Gasteiger partial charge is 0.236 e. The van der Waals surface area contributed by atoms with Crippen LogP contribution in [0, 0.1) is 0 Å². The average Bonchev–Trinajstić information content (AvgIpc) is 2.37. The molecule has 0 fully saturated rings. The maximum absolute atomic E-state index is 11.8. The third-order valence-corrected chi connectivity index (χ3v) is 3.52. The van der Waals surface area contributed by atoms with Crippen LogP contribution in [0.1, 0.15) is 39.2 Å². The fourth-order valence-electron chi connectivity index (χ4n) is 1.88. The minimum absolute atomic E-state index is 0. The van der Waals surface area contributed by atoms with Crippen LogP contribution < -0.4 is 11.1 Å². The van der Waals surface area contributed by atoms with E-state index in [4.69, 9.17) is 17.3 Å². The number of hydrogen-bond donors (Lipinski definition) is 2. The molecule has 0 radical (unpaired) electrons. The molecule has 1 rings (SSSR count). The monoisotopic (exact) mass is 318 g/mol. The Morgan fingerprint density at radius 1 is 1.35 bits per heavy atom. The number of carbonyl (C=O) groups excluding carboxylic acids is 1. The van der Waals surface area contributed by atoms with Crippen LogP contribution >= 0.6 is 24.0 Å². The van der Waals surface area contributed by atoms with Gasteiger partial charge >= 0.3 is 0 Å². The Morgan fingerprint density at radius 3 is 2.40 bits per heavy atom. The fourth-order valence-corrected chi connectivity index (χ4v) is 2.01. The molecule has 0 heterocycles. The van der Waals surface area contributed by atoms with Gasteiger partial charge in [-0.15, -0.1) is 12.4 Å². The maximum atomic E-state index is 11.8. The van der Waals surface area contributed by atoms with Crippen LogP contribution in [0.3, 0.4) is 0 Å². The van der Waals surface area contributed by atoms with Crippen LogP contribution in [-0.4, -0.2) is 18.5 Å². The van der Waals surface area contributed by atoms with Crippen molar-refractivity contribution in [1.82, 2.24) is 5.32 Å². The van der Waals surface area contributed by atoms with Crippen molar-refractivity contribution in [3.8, 4) is 0 Å². The number of carbonyl (C=O) groups is 1. The van der Waals surface area contributed by atoms with E-state index < -0.39 is 6.04 Å². The van der Waals surface area contributed by atoms with Crippen LogP contribution in [0.4, 0.5) is 0 Å². The maximum Gasteiger partial charge on any atom is 0.236 e. The normalized spacial score (nSPS) is 12.4. The molecule has 1 amide bonds. The molecule has 0 saturated carbocycles. The first-order chi connectivity index (χ1) is 8.86. The van der Waals surface area contributed by atoms with Crippen molar-refractivity contribution >= 4 is 29.9 Å². The predicted octanol–water partition coefficient (Wildman–Crippen LogP) is 3.28. The molecular formula is C15H24Cl2N2O. The predicted molar refractivity (Wildman–Crippen MR) is 87.6 cm³/mol. The summed E-state index contributed by atoms with van der Waals surface area (Å²) in [6.45, 7) is 6.75. The van der Waals surface area contributed by atoms with E-state index in [1.165, 1.54) is 0 Å². The van der Waals surface area contributed by atoms with Gasteiger partial charge < -0.3 is 11.1 Å². The second kappa shape index (κ2) is 8.50. The lowest BCUT2D eigenvalue weighted by atomic mass is 9.84. The second-order valence-electron chi connectivity index (χ2n) is 5.50. The van der Waals surface area contributed by atoms with Crippen molar-refractivity contribution in [2.24, 2.45) is 5.73 Å². The minimum Gasteiger partial charge on any atom is -0.354 e.